The van der Waals surface area contributed by atoms with Gasteiger partial charge in [-0.1, -0.05) is 30.3 Å². The molecule has 1 aromatic carbocycles. The molecule has 1 fully saturated rings. The van der Waals surface area contributed by atoms with Crippen molar-refractivity contribution in [1.29, 1.82) is 0 Å². The Bertz CT molecular complexity index is 662. The molecule has 1 aromatic heterocycles. The van der Waals surface area contributed by atoms with E-state index in [9.17, 15) is 9.50 Å². The number of aliphatic hydroxyl groups is 1. The van der Waals surface area contributed by atoms with Gasteiger partial charge in [-0.2, -0.15) is 5.10 Å². The molecule has 1 N–H and O–H groups in total. The molecule has 0 saturated heterocycles. The van der Waals surface area contributed by atoms with E-state index in [1.54, 1.807) is 4.68 Å². The van der Waals surface area contributed by atoms with Gasteiger partial charge in [0.1, 0.15) is 6.10 Å². The number of nitrogens with zero attached hydrogens (tertiary/aromatic N) is 3. The van der Waals surface area contributed by atoms with Crippen molar-refractivity contribution in [3.8, 4) is 0 Å². The Labute approximate surface area is 124 Å². The van der Waals surface area contributed by atoms with Crippen LogP contribution >= 0.6 is 9.24 Å². The number of fused-ring (bicyclic) bond motifs is 1. The average molecular weight is 305 g/mol. The predicted octanol–water partition coefficient (Wildman–Crippen LogP) is 2.58. The first-order valence-electron chi connectivity index (χ1n) is 7.24. The fourth-order valence-corrected chi connectivity index (χ4v) is 3.59. The van der Waals surface area contributed by atoms with Gasteiger partial charge in [0.05, 0.1) is 6.04 Å². The van der Waals surface area contributed by atoms with Crippen molar-refractivity contribution < 1.29 is 9.50 Å². The molecule has 4 rings (SSSR count). The minimum atomic E-state index is -1.12. The first kappa shape index (κ1) is 13.4. The third-order valence-electron chi connectivity index (χ3n) is 4.43. The molecule has 0 spiro atoms. The lowest BCUT2D eigenvalue weighted by Crippen LogP contribution is -2.10. The number of aromatic nitrogens is 3. The number of hydrogen-bond donors (Lipinski definition) is 1. The minimum absolute atomic E-state index is 0.129. The van der Waals surface area contributed by atoms with Gasteiger partial charge in [0.15, 0.2) is 17.8 Å². The SMILES string of the molecule is OC(c1nc2n(n1)C(c1ccccc1)CC2F)[C@H]1CC1P. The van der Waals surface area contributed by atoms with Crippen LogP contribution in [0.5, 0.6) is 0 Å². The summed E-state index contributed by atoms with van der Waals surface area (Å²) >= 11 is 0. The monoisotopic (exact) mass is 305 g/mol. The number of aliphatic hydroxyl groups excluding tert-OH is 1. The first-order valence-corrected chi connectivity index (χ1v) is 7.91. The molecular weight excluding hydrogens is 288 g/mol. The molecule has 2 heterocycles. The van der Waals surface area contributed by atoms with Gasteiger partial charge in [-0.3, -0.25) is 0 Å². The lowest BCUT2D eigenvalue weighted by atomic mass is 10.0. The fraction of sp³-hybridized carbons (Fsp3) is 0.467. The Morgan fingerprint density at radius 2 is 2.00 bits per heavy atom. The summed E-state index contributed by atoms with van der Waals surface area (Å²) in [6.45, 7) is 0. The van der Waals surface area contributed by atoms with Crippen LogP contribution in [0.1, 0.15) is 48.4 Å². The van der Waals surface area contributed by atoms with E-state index in [0.29, 0.717) is 23.7 Å². The van der Waals surface area contributed by atoms with Gasteiger partial charge in [0.2, 0.25) is 0 Å². The predicted molar refractivity (Wildman–Crippen MR) is 79.6 cm³/mol. The molecule has 2 aliphatic rings. The quantitative estimate of drug-likeness (QED) is 0.887. The van der Waals surface area contributed by atoms with Gasteiger partial charge in [0, 0.05) is 6.42 Å². The molecule has 6 atom stereocenters. The number of rotatable bonds is 3. The molecule has 5 unspecified atom stereocenters. The Kier molecular flexibility index (Phi) is 3.09. The summed E-state index contributed by atoms with van der Waals surface area (Å²) < 4.78 is 15.9. The van der Waals surface area contributed by atoms with Crippen LogP contribution in [0, 0.1) is 5.92 Å². The van der Waals surface area contributed by atoms with Crippen molar-refractivity contribution >= 4 is 9.24 Å². The van der Waals surface area contributed by atoms with Gasteiger partial charge in [-0.25, -0.2) is 14.1 Å². The van der Waals surface area contributed by atoms with E-state index in [2.05, 4.69) is 19.3 Å². The van der Waals surface area contributed by atoms with E-state index in [1.165, 1.54) is 0 Å². The zero-order chi connectivity index (χ0) is 14.6. The van der Waals surface area contributed by atoms with Gasteiger partial charge in [-0.15, -0.1) is 9.24 Å². The Morgan fingerprint density at radius 3 is 2.67 bits per heavy atom. The average Bonchev–Trinajstić information content (AvgIpc) is 2.95. The second-order valence-electron chi connectivity index (χ2n) is 5.91. The van der Waals surface area contributed by atoms with Crippen molar-refractivity contribution in [2.24, 2.45) is 5.92 Å². The summed E-state index contributed by atoms with van der Waals surface area (Å²) in [6, 6.07) is 9.64. The van der Waals surface area contributed by atoms with Crippen LogP contribution in [-0.4, -0.2) is 25.5 Å². The molecule has 1 saturated carbocycles. The van der Waals surface area contributed by atoms with E-state index in [4.69, 9.17) is 0 Å². The van der Waals surface area contributed by atoms with Crippen LogP contribution in [-0.2, 0) is 0 Å². The topological polar surface area (TPSA) is 50.9 Å². The van der Waals surface area contributed by atoms with Gasteiger partial charge in [0.25, 0.3) is 0 Å². The number of benzene rings is 1. The molecule has 0 bridgehead atoms. The molecule has 1 aliphatic heterocycles. The van der Waals surface area contributed by atoms with E-state index in [0.717, 1.165) is 12.0 Å². The maximum atomic E-state index is 14.2. The van der Waals surface area contributed by atoms with E-state index in [-0.39, 0.29) is 12.0 Å². The molecule has 4 nitrogen and oxygen atoms in total. The number of halogens is 1. The zero-order valence-corrected chi connectivity index (χ0v) is 12.6. The minimum Gasteiger partial charge on any atom is -0.385 e. The van der Waals surface area contributed by atoms with Crippen LogP contribution in [0.25, 0.3) is 0 Å². The highest BCUT2D eigenvalue weighted by atomic mass is 31.0. The number of alkyl halides is 1. The second kappa shape index (κ2) is 4.85. The third kappa shape index (κ3) is 2.19. The summed E-state index contributed by atoms with van der Waals surface area (Å²) in [5, 5.41) is 14.7. The van der Waals surface area contributed by atoms with Crippen LogP contribution in [0.15, 0.2) is 30.3 Å². The van der Waals surface area contributed by atoms with Crippen LogP contribution in [0.2, 0.25) is 0 Å². The van der Waals surface area contributed by atoms with Crippen LogP contribution in [0.4, 0.5) is 4.39 Å². The lowest BCUT2D eigenvalue weighted by molar-refractivity contribution is 0.143. The molecule has 2 aromatic rings. The second-order valence-corrected chi connectivity index (χ2v) is 6.77. The molecular formula is C15H17FN3OP. The van der Waals surface area contributed by atoms with E-state index in [1.807, 2.05) is 30.3 Å². The molecule has 110 valence electrons. The van der Waals surface area contributed by atoms with Gasteiger partial charge < -0.3 is 5.11 Å². The lowest BCUT2D eigenvalue weighted by Gasteiger charge is -2.12. The Hall–Kier alpha value is -1.32. The van der Waals surface area contributed by atoms with Gasteiger partial charge >= 0.3 is 0 Å². The molecule has 6 heteroatoms. The maximum absolute atomic E-state index is 14.2. The Balaban J connectivity index is 1.68. The summed E-state index contributed by atoms with van der Waals surface area (Å²) in [5.41, 5.74) is 1.45. The molecule has 0 radical (unpaired) electrons. The standard InChI is InChI=1S/C15H17FN3OP/c16-10-7-11(8-4-2-1-3-5-8)19-15(10)17-14(18-19)13(20)9-6-12(9)21/h1-5,9-13,20H,6-7,21H2/t9-,10?,11?,12?,13?/m0/s1. The third-order valence-corrected chi connectivity index (χ3v) is 5.19. The zero-order valence-electron chi connectivity index (χ0n) is 11.4. The van der Waals surface area contributed by atoms with E-state index < -0.39 is 12.3 Å². The normalized spacial score (nSPS) is 32.0. The molecule has 21 heavy (non-hydrogen) atoms. The van der Waals surface area contributed by atoms with Crippen molar-refractivity contribution in [3.05, 3.63) is 47.5 Å². The van der Waals surface area contributed by atoms with Crippen molar-refractivity contribution in [2.45, 2.75) is 36.8 Å². The summed E-state index contributed by atoms with van der Waals surface area (Å²) in [6.07, 6.45) is -0.480. The molecule has 0 amide bonds. The fourth-order valence-electron chi connectivity index (χ4n) is 3.06. The smallest absolute Gasteiger partial charge is 0.179 e. The maximum Gasteiger partial charge on any atom is 0.179 e. The van der Waals surface area contributed by atoms with Crippen molar-refractivity contribution in [2.75, 3.05) is 0 Å². The summed E-state index contributed by atoms with van der Waals surface area (Å²) in [5.74, 6) is 0.897. The number of hydrogen-bond acceptors (Lipinski definition) is 3. The summed E-state index contributed by atoms with van der Waals surface area (Å²) in [7, 11) is 2.71. The van der Waals surface area contributed by atoms with Crippen molar-refractivity contribution in [1.82, 2.24) is 14.8 Å². The first-order chi connectivity index (χ1) is 10.1. The van der Waals surface area contributed by atoms with Gasteiger partial charge in [-0.05, 0) is 23.6 Å². The summed E-state index contributed by atoms with van der Waals surface area (Å²) in [4.78, 5) is 4.26. The highest BCUT2D eigenvalue weighted by Gasteiger charge is 2.43. The van der Waals surface area contributed by atoms with E-state index >= 15 is 0 Å². The largest absolute Gasteiger partial charge is 0.385 e. The highest BCUT2D eigenvalue weighted by Crippen LogP contribution is 2.47. The van der Waals surface area contributed by atoms with Crippen LogP contribution in [0.3, 0.4) is 0 Å². The molecule has 1 aliphatic carbocycles. The van der Waals surface area contributed by atoms with Crippen LogP contribution < -0.4 is 0 Å². The Morgan fingerprint density at radius 1 is 1.29 bits per heavy atom. The van der Waals surface area contributed by atoms with Crippen molar-refractivity contribution in [3.63, 3.8) is 0 Å². The highest BCUT2D eigenvalue weighted by molar-refractivity contribution is 7.18.